The fourth-order valence-corrected chi connectivity index (χ4v) is 3.53. The number of nitrogens with zero attached hydrogens (tertiary/aromatic N) is 3. The number of amides is 1. The zero-order chi connectivity index (χ0) is 13.4. The average molecular weight is 324 g/mol. The summed E-state index contributed by atoms with van der Waals surface area (Å²) in [7, 11) is 2.19. The summed E-state index contributed by atoms with van der Waals surface area (Å²) >= 11 is 3.32. The number of likely N-dealkylation sites (tertiary alicyclic amines) is 1. The van der Waals surface area contributed by atoms with E-state index in [1.165, 1.54) is 12.8 Å². The van der Waals surface area contributed by atoms with Crippen LogP contribution >= 0.6 is 15.9 Å². The number of aromatic nitrogens is 1. The van der Waals surface area contributed by atoms with E-state index in [2.05, 4.69) is 32.9 Å². The zero-order valence-electron chi connectivity index (χ0n) is 11.1. The first-order valence-electron chi connectivity index (χ1n) is 6.79. The molecule has 2 saturated heterocycles. The number of hydrogen-bond acceptors (Lipinski definition) is 3. The molecule has 1 amide bonds. The lowest BCUT2D eigenvalue weighted by Gasteiger charge is -2.25. The van der Waals surface area contributed by atoms with E-state index in [0.29, 0.717) is 22.4 Å². The second-order valence-corrected chi connectivity index (χ2v) is 6.25. The first-order chi connectivity index (χ1) is 9.15. The Kier molecular flexibility index (Phi) is 3.58. The maximum Gasteiger partial charge on any atom is 0.272 e. The standard InChI is InChI=1S/C14H18BrN3O/c1-17-10-5-6-11(17)9-18(8-7-10)14(19)12-3-2-4-13(15)16-12/h2-4,10-11H,5-9H2,1H3. The molecule has 0 spiro atoms. The van der Waals surface area contributed by atoms with Gasteiger partial charge < -0.3 is 4.90 Å². The van der Waals surface area contributed by atoms with Gasteiger partial charge in [-0.3, -0.25) is 9.69 Å². The Hall–Kier alpha value is -0.940. The lowest BCUT2D eigenvalue weighted by atomic mass is 10.1. The number of pyridine rings is 1. The van der Waals surface area contributed by atoms with Crippen molar-refractivity contribution in [2.75, 3.05) is 20.1 Å². The summed E-state index contributed by atoms with van der Waals surface area (Å²) in [6.07, 6.45) is 3.56. The third-order valence-corrected chi connectivity index (χ3v) is 4.81. The molecule has 102 valence electrons. The lowest BCUT2D eigenvalue weighted by molar-refractivity contribution is 0.0734. The van der Waals surface area contributed by atoms with Crippen LogP contribution in [-0.4, -0.2) is 52.9 Å². The lowest BCUT2D eigenvalue weighted by Crippen LogP contribution is -2.40. The topological polar surface area (TPSA) is 36.4 Å². The van der Waals surface area contributed by atoms with E-state index in [9.17, 15) is 4.79 Å². The minimum Gasteiger partial charge on any atom is -0.336 e. The van der Waals surface area contributed by atoms with Gasteiger partial charge in [0.2, 0.25) is 0 Å². The monoisotopic (exact) mass is 323 g/mol. The van der Waals surface area contributed by atoms with Crippen molar-refractivity contribution < 1.29 is 4.79 Å². The second kappa shape index (κ2) is 5.21. The highest BCUT2D eigenvalue weighted by Gasteiger charge is 2.36. The zero-order valence-corrected chi connectivity index (χ0v) is 12.6. The summed E-state index contributed by atoms with van der Waals surface area (Å²) in [5.74, 6) is 0.0576. The average Bonchev–Trinajstić information content (AvgIpc) is 2.62. The van der Waals surface area contributed by atoms with Gasteiger partial charge in [-0.15, -0.1) is 0 Å². The smallest absolute Gasteiger partial charge is 0.272 e. The third-order valence-electron chi connectivity index (χ3n) is 4.37. The Morgan fingerprint density at radius 3 is 2.89 bits per heavy atom. The number of carbonyl (C=O) groups excluding carboxylic acids is 1. The molecule has 5 heteroatoms. The van der Waals surface area contributed by atoms with E-state index >= 15 is 0 Å². The van der Waals surface area contributed by atoms with Gasteiger partial charge in [0, 0.05) is 25.2 Å². The van der Waals surface area contributed by atoms with Crippen LogP contribution in [0.4, 0.5) is 0 Å². The van der Waals surface area contributed by atoms with E-state index in [1.54, 1.807) is 6.07 Å². The molecule has 1 aromatic heterocycles. The first-order valence-corrected chi connectivity index (χ1v) is 7.58. The molecule has 2 aliphatic heterocycles. The quantitative estimate of drug-likeness (QED) is 0.743. The van der Waals surface area contributed by atoms with Gasteiger partial charge in [0.25, 0.3) is 5.91 Å². The molecule has 2 atom stereocenters. The molecule has 0 aliphatic carbocycles. The Morgan fingerprint density at radius 2 is 2.11 bits per heavy atom. The molecule has 4 nitrogen and oxygen atoms in total. The van der Waals surface area contributed by atoms with Crippen molar-refractivity contribution in [1.29, 1.82) is 0 Å². The minimum atomic E-state index is 0.0576. The normalized spacial score (nSPS) is 27.4. The van der Waals surface area contributed by atoms with Gasteiger partial charge in [-0.05, 0) is 54.4 Å². The predicted octanol–water partition coefficient (Wildman–Crippen LogP) is 2.15. The van der Waals surface area contributed by atoms with Gasteiger partial charge in [-0.1, -0.05) is 6.07 Å². The van der Waals surface area contributed by atoms with Crippen LogP contribution in [0, 0.1) is 0 Å². The number of rotatable bonds is 1. The molecule has 3 rings (SSSR count). The Labute approximate surface area is 121 Å². The summed E-state index contributed by atoms with van der Waals surface area (Å²) in [5, 5.41) is 0. The number of carbonyl (C=O) groups is 1. The maximum absolute atomic E-state index is 12.5. The molecule has 2 fully saturated rings. The van der Waals surface area contributed by atoms with Crippen molar-refractivity contribution in [3.63, 3.8) is 0 Å². The Bertz CT molecular complexity index is 493. The summed E-state index contributed by atoms with van der Waals surface area (Å²) in [6, 6.07) is 6.66. The van der Waals surface area contributed by atoms with Crippen molar-refractivity contribution in [2.24, 2.45) is 0 Å². The molecule has 2 bridgehead atoms. The van der Waals surface area contributed by atoms with Crippen LogP contribution in [0.25, 0.3) is 0 Å². The van der Waals surface area contributed by atoms with E-state index < -0.39 is 0 Å². The Morgan fingerprint density at radius 1 is 1.32 bits per heavy atom. The molecule has 3 heterocycles. The fraction of sp³-hybridized carbons (Fsp3) is 0.571. The molecule has 2 aliphatic rings. The fourth-order valence-electron chi connectivity index (χ4n) is 3.18. The summed E-state index contributed by atoms with van der Waals surface area (Å²) in [4.78, 5) is 21.2. The summed E-state index contributed by atoms with van der Waals surface area (Å²) in [5.41, 5.74) is 0.537. The second-order valence-electron chi connectivity index (χ2n) is 5.44. The van der Waals surface area contributed by atoms with Gasteiger partial charge in [0.05, 0.1) is 0 Å². The highest BCUT2D eigenvalue weighted by Crippen LogP contribution is 2.28. The molecule has 2 unspecified atom stereocenters. The number of fused-ring (bicyclic) bond motifs is 2. The van der Waals surface area contributed by atoms with Gasteiger partial charge in [-0.2, -0.15) is 0 Å². The number of likely N-dealkylation sites (N-methyl/N-ethyl adjacent to an activating group) is 1. The Balaban J connectivity index is 1.77. The van der Waals surface area contributed by atoms with Crippen LogP contribution in [0.5, 0.6) is 0 Å². The molecule has 19 heavy (non-hydrogen) atoms. The van der Waals surface area contributed by atoms with Crippen LogP contribution in [0.3, 0.4) is 0 Å². The van der Waals surface area contributed by atoms with Crippen LogP contribution < -0.4 is 0 Å². The summed E-state index contributed by atoms with van der Waals surface area (Å²) in [6.45, 7) is 1.68. The van der Waals surface area contributed by atoms with Crippen molar-refractivity contribution in [2.45, 2.75) is 31.3 Å². The number of halogens is 1. The third kappa shape index (κ3) is 2.54. The summed E-state index contributed by atoms with van der Waals surface area (Å²) < 4.78 is 0.715. The first kappa shape index (κ1) is 13.1. The van der Waals surface area contributed by atoms with Crippen LogP contribution in [-0.2, 0) is 0 Å². The number of hydrogen-bond donors (Lipinski definition) is 0. The highest BCUT2D eigenvalue weighted by atomic mass is 79.9. The molecule has 0 saturated carbocycles. The SMILES string of the molecule is CN1C2CCC1CN(C(=O)c1cccc(Br)n1)CC2. The van der Waals surface area contributed by atoms with Gasteiger partial charge in [0.15, 0.2) is 0 Å². The minimum absolute atomic E-state index is 0.0576. The molecule has 0 N–H and O–H groups in total. The van der Waals surface area contributed by atoms with Crippen LogP contribution in [0.1, 0.15) is 29.8 Å². The molecule has 1 aromatic rings. The van der Waals surface area contributed by atoms with Gasteiger partial charge in [-0.25, -0.2) is 4.98 Å². The molecule has 0 aromatic carbocycles. The van der Waals surface area contributed by atoms with Gasteiger partial charge >= 0.3 is 0 Å². The predicted molar refractivity (Wildman–Crippen MR) is 77.0 cm³/mol. The highest BCUT2D eigenvalue weighted by molar-refractivity contribution is 9.10. The molecular formula is C14H18BrN3O. The van der Waals surface area contributed by atoms with E-state index in [1.807, 2.05) is 17.0 Å². The van der Waals surface area contributed by atoms with Crippen LogP contribution in [0.15, 0.2) is 22.8 Å². The van der Waals surface area contributed by atoms with E-state index in [4.69, 9.17) is 0 Å². The van der Waals surface area contributed by atoms with Crippen molar-refractivity contribution >= 4 is 21.8 Å². The maximum atomic E-state index is 12.5. The largest absolute Gasteiger partial charge is 0.336 e. The van der Waals surface area contributed by atoms with Crippen molar-refractivity contribution in [3.8, 4) is 0 Å². The van der Waals surface area contributed by atoms with Crippen molar-refractivity contribution in [3.05, 3.63) is 28.5 Å². The van der Waals surface area contributed by atoms with E-state index in [0.717, 1.165) is 19.5 Å². The van der Waals surface area contributed by atoms with Crippen LogP contribution in [0.2, 0.25) is 0 Å². The van der Waals surface area contributed by atoms with Crippen molar-refractivity contribution in [1.82, 2.24) is 14.8 Å². The van der Waals surface area contributed by atoms with Gasteiger partial charge in [0.1, 0.15) is 10.3 Å². The van der Waals surface area contributed by atoms with E-state index in [-0.39, 0.29) is 5.91 Å². The molecule has 0 radical (unpaired) electrons. The molecular weight excluding hydrogens is 306 g/mol.